The number of ether oxygens (including phenoxy) is 2. The second kappa shape index (κ2) is 7.14. The van der Waals surface area contributed by atoms with Crippen LogP contribution in [0, 0.1) is 0 Å². The molecule has 0 heterocycles. The van der Waals surface area contributed by atoms with Gasteiger partial charge in [0.2, 0.25) is 0 Å². The Hall–Kier alpha value is -1.55. The third kappa shape index (κ3) is 3.96. The Kier molecular flexibility index (Phi) is 5.21. The normalized spacial score (nSPS) is 19.1. The van der Waals surface area contributed by atoms with E-state index < -0.39 is 0 Å². The van der Waals surface area contributed by atoms with Crippen LogP contribution in [0.5, 0.6) is 0 Å². The summed E-state index contributed by atoms with van der Waals surface area (Å²) >= 11 is 0. The van der Waals surface area contributed by atoms with Crippen LogP contribution in [0.1, 0.15) is 38.5 Å². The maximum absolute atomic E-state index is 12.2. The lowest BCUT2D eigenvalue weighted by Crippen LogP contribution is -2.10. The standard InChI is InChI=1S/C15H20O4/c16-9-10-18-11-14(12-5-1-2-6-12)15(17)19-13-7-3-4-8-13/h5,7,11,16H,1-4,6,8-10H2. The van der Waals surface area contributed by atoms with Crippen LogP contribution >= 0.6 is 0 Å². The molecule has 2 aliphatic carbocycles. The van der Waals surface area contributed by atoms with Crippen LogP contribution in [0.2, 0.25) is 0 Å². The van der Waals surface area contributed by atoms with Gasteiger partial charge in [-0.1, -0.05) is 6.08 Å². The van der Waals surface area contributed by atoms with Gasteiger partial charge in [0, 0.05) is 6.42 Å². The van der Waals surface area contributed by atoms with E-state index in [1.54, 1.807) is 0 Å². The minimum absolute atomic E-state index is 0.0664. The van der Waals surface area contributed by atoms with E-state index in [1.165, 1.54) is 6.26 Å². The van der Waals surface area contributed by atoms with Gasteiger partial charge in [0.25, 0.3) is 0 Å². The first-order valence-corrected chi connectivity index (χ1v) is 6.84. The van der Waals surface area contributed by atoms with Gasteiger partial charge < -0.3 is 14.6 Å². The summed E-state index contributed by atoms with van der Waals surface area (Å²) < 4.78 is 10.6. The van der Waals surface area contributed by atoms with Crippen LogP contribution < -0.4 is 0 Å². The summed E-state index contributed by atoms with van der Waals surface area (Å²) in [6.07, 6.45) is 11.2. The Morgan fingerprint density at radius 1 is 1.26 bits per heavy atom. The highest BCUT2D eigenvalue weighted by atomic mass is 16.5. The van der Waals surface area contributed by atoms with Crippen LogP contribution in [0.3, 0.4) is 0 Å². The lowest BCUT2D eigenvalue weighted by Gasteiger charge is -2.10. The molecule has 0 aliphatic heterocycles. The fraction of sp³-hybridized carbons (Fsp3) is 0.533. The predicted molar refractivity (Wildman–Crippen MR) is 71.1 cm³/mol. The summed E-state index contributed by atoms with van der Waals surface area (Å²) in [6, 6.07) is 0. The van der Waals surface area contributed by atoms with Crippen molar-refractivity contribution in [2.75, 3.05) is 13.2 Å². The summed E-state index contributed by atoms with van der Waals surface area (Å²) in [6.45, 7) is 0.121. The second-order valence-corrected chi connectivity index (χ2v) is 4.70. The van der Waals surface area contributed by atoms with Crippen LogP contribution in [-0.4, -0.2) is 24.3 Å². The Balaban J connectivity index is 2.02. The van der Waals surface area contributed by atoms with Gasteiger partial charge >= 0.3 is 5.97 Å². The monoisotopic (exact) mass is 264 g/mol. The molecule has 0 bridgehead atoms. The van der Waals surface area contributed by atoms with E-state index in [2.05, 4.69) is 6.08 Å². The van der Waals surface area contributed by atoms with Gasteiger partial charge in [0.05, 0.1) is 18.4 Å². The maximum Gasteiger partial charge on any atom is 0.346 e. The Labute approximate surface area is 113 Å². The van der Waals surface area contributed by atoms with E-state index >= 15 is 0 Å². The molecule has 4 nitrogen and oxygen atoms in total. The molecule has 0 aromatic rings. The summed E-state index contributed by atoms with van der Waals surface area (Å²) in [5.41, 5.74) is 1.47. The second-order valence-electron chi connectivity index (χ2n) is 4.70. The molecule has 0 saturated heterocycles. The lowest BCUT2D eigenvalue weighted by molar-refractivity contribution is -0.135. The quantitative estimate of drug-likeness (QED) is 0.347. The minimum atomic E-state index is -0.348. The minimum Gasteiger partial charge on any atom is -0.498 e. The molecule has 4 heteroatoms. The van der Waals surface area contributed by atoms with Gasteiger partial charge in [-0.2, -0.15) is 0 Å². The third-order valence-electron chi connectivity index (χ3n) is 3.24. The molecule has 0 amide bonds. The van der Waals surface area contributed by atoms with Gasteiger partial charge in [-0.05, 0) is 43.8 Å². The van der Waals surface area contributed by atoms with Crippen molar-refractivity contribution in [3.05, 3.63) is 35.3 Å². The number of hydrogen-bond donors (Lipinski definition) is 1. The Bertz CT molecular complexity index is 418. The first kappa shape index (κ1) is 13.9. The van der Waals surface area contributed by atoms with Crippen LogP contribution in [0.25, 0.3) is 0 Å². The van der Waals surface area contributed by atoms with E-state index in [1.807, 2.05) is 6.08 Å². The third-order valence-corrected chi connectivity index (χ3v) is 3.24. The first-order valence-electron chi connectivity index (χ1n) is 6.84. The fourth-order valence-electron chi connectivity index (χ4n) is 2.27. The average molecular weight is 264 g/mol. The van der Waals surface area contributed by atoms with E-state index in [-0.39, 0.29) is 19.2 Å². The van der Waals surface area contributed by atoms with Gasteiger partial charge in [0.15, 0.2) is 0 Å². The zero-order valence-electron chi connectivity index (χ0n) is 11.1. The molecular weight excluding hydrogens is 244 g/mol. The van der Waals surface area contributed by atoms with Crippen molar-refractivity contribution >= 4 is 5.97 Å². The predicted octanol–water partition coefficient (Wildman–Crippen LogP) is 2.60. The number of allylic oxidation sites excluding steroid dienone is 3. The Morgan fingerprint density at radius 2 is 2.05 bits per heavy atom. The van der Waals surface area contributed by atoms with Gasteiger partial charge in [0.1, 0.15) is 12.4 Å². The van der Waals surface area contributed by atoms with Crippen molar-refractivity contribution in [1.82, 2.24) is 0 Å². The van der Waals surface area contributed by atoms with Crippen molar-refractivity contribution in [3.8, 4) is 0 Å². The molecule has 104 valence electrons. The molecule has 0 atom stereocenters. The molecule has 19 heavy (non-hydrogen) atoms. The number of aliphatic hydroxyl groups excluding tert-OH is 1. The van der Waals surface area contributed by atoms with E-state index in [0.717, 1.165) is 49.9 Å². The van der Waals surface area contributed by atoms with Crippen LogP contribution in [0.15, 0.2) is 35.3 Å². The average Bonchev–Trinajstić information content (AvgIpc) is 3.07. The summed E-state index contributed by atoms with van der Waals surface area (Å²) in [5, 5.41) is 8.72. The largest absolute Gasteiger partial charge is 0.498 e. The van der Waals surface area contributed by atoms with Crippen molar-refractivity contribution in [3.63, 3.8) is 0 Å². The SMILES string of the molecule is O=C(OC1=CCCC1)C(=COCCO)C1=CCCC1. The summed E-state index contributed by atoms with van der Waals surface area (Å²) in [4.78, 5) is 12.2. The van der Waals surface area contributed by atoms with Gasteiger partial charge in [-0.3, -0.25) is 0 Å². The van der Waals surface area contributed by atoms with E-state index in [4.69, 9.17) is 14.6 Å². The molecule has 0 spiro atoms. The van der Waals surface area contributed by atoms with Crippen LogP contribution in [0.4, 0.5) is 0 Å². The number of carbonyl (C=O) groups is 1. The van der Waals surface area contributed by atoms with Crippen molar-refractivity contribution < 1.29 is 19.4 Å². The van der Waals surface area contributed by atoms with E-state index in [0.29, 0.717) is 5.57 Å². The van der Waals surface area contributed by atoms with Crippen LogP contribution in [-0.2, 0) is 14.3 Å². The highest BCUT2D eigenvalue weighted by Gasteiger charge is 2.21. The fourth-order valence-corrected chi connectivity index (χ4v) is 2.27. The van der Waals surface area contributed by atoms with Crippen molar-refractivity contribution in [2.45, 2.75) is 38.5 Å². The molecular formula is C15H20O4. The number of esters is 1. The number of aliphatic hydroxyl groups is 1. The zero-order chi connectivity index (χ0) is 13.5. The molecule has 1 N–H and O–H groups in total. The number of rotatable bonds is 6. The number of carbonyl (C=O) groups excluding carboxylic acids is 1. The highest BCUT2D eigenvalue weighted by molar-refractivity contribution is 5.93. The maximum atomic E-state index is 12.2. The molecule has 2 aliphatic rings. The number of hydrogen-bond acceptors (Lipinski definition) is 4. The first-order chi connectivity index (χ1) is 9.31. The zero-order valence-corrected chi connectivity index (χ0v) is 11.1. The summed E-state index contributed by atoms with van der Waals surface area (Å²) in [5.74, 6) is 0.413. The smallest absolute Gasteiger partial charge is 0.346 e. The van der Waals surface area contributed by atoms with Crippen molar-refractivity contribution in [2.24, 2.45) is 0 Å². The van der Waals surface area contributed by atoms with Gasteiger partial charge in [-0.25, -0.2) is 4.79 Å². The van der Waals surface area contributed by atoms with E-state index in [9.17, 15) is 4.79 Å². The summed E-state index contributed by atoms with van der Waals surface area (Å²) in [7, 11) is 0. The van der Waals surface area contributed by atoms with Crippen molar-refractivity contribution in [1.29, 1.82) is 0 Å². The van der Waals surface area contributed by atoms with Gasteiger partial charge in [-0.15, -0.1) is 0 Å². The lowest BCUT2D eigenvalue weighted by atomic mass is 10.1. The molecule has 0 fully saturated rings. The molecule has 0 unspecified atom stereocenters. The highest BCUT2D eigenvalue weighted by Crippen LogP contribution is 2.27. The molecule has 0 aromatic carbocycles. The molecule has 2 rings (SSSR count). The molecule has 0 radical (unpaired) electrons. The molecule has 0 aromatic heterocycles. The molecule has 0 saturated carbocycles. The Morgan fingerprint density at radius 3 is 2.68 bits per heavy atom. The topological polar surface area (TPSA) is 55.8 Å².